The fourth-order valence-electron chi connectivity index (χ4n) is 8.58. The highest BCUT2D eigenvalue weighted by molar-refractivity contribution is 5.87. The summed E-state index contributed by atoms with van der Waals surface area (Å²) in [6.45, 7) is 14.9. The number of nitriles is 1. The van der Waals surface area contributed by atoms with Crippen LogP contribution in [-0.4, -0.2) is 103 Å². The zero-order valence-electron chi connectivity index (χ0n) is 30.1. The van der Waals surface area contributed by atoms with Crippen molar-refractivity contribution in [1.29, 1.82) is 5.26 Å². The molecule has 50 heavy (non-hydrogen) atoms. The lowest BCUT2D eigenvalue weighted by atomic mass is 9.88. The Morgan fingerprint density at radius 2 is 1.86 bits per heavy atom. The van der Waals surface area contributed by atoms with Crippen LogP contribution in [0.15, 0.2) is 43.1 Å². The van der Waals surface area contributed by atoms with Gasteiger partial charge in [-0.05, 0) is 101 Å². The van der Waals surface area contributed by atoms with Crippen LogP contribution in [0.25, 0.3) is 11.1 Å². The minimum absolute atomic E-state index is 0.130. The Balaban J connectivity index is 1.38. The maximum atomic E-state index is 12.8. The summed E-state index contributed by atoms with van der Waals surface area (Å²) in [7, 11) is 4.39. The van der Waals surface area contributed by atoms with Gasteiger partial charge in [-0.2, -0.15) is 10.2 Å². The van der Waals surface area contributed by atoms with Crippen LogP contribution in [-0.2, 0) is 30.7 Å². The Kier molecular flexibility index (Phi) is 9.80. The lowest BCUT2D eigenvalue weighted by Crippen LogP contribution is -2.55. The smallest absolute Gasteiger partial charge is 0.246 e. The molecule has 0 aliphatic carbocycles. The minimum atomic E-state index is -0.247. The zero-order valence-corrected chi connectivity index (χ0v) is 30.1. The number of benzene rings is 1. The van der Waals surface area contributed by atoms with Crippen LogP contribution < -0.4 is 14.5 Å². The molecule has 0 unspecified atom stereocenters. The molecule has 2 aromatic heterocycles. The molecule has 4 aliphatic heterocycles. The Morgan fingerprint density at radius 3 is 2.62 bits per heavy atom. The van der Waals surface area contributed by atoms with Crippen molar-refractivity contribution in [3.63, 3.8) is 0 Å². The number of hydrogen-bond donors (Lipinski definition) is 0. The summed E-state index contributed by atoms with van der Waals surface area (Å²) in [6, 6.07) is 11.3. The average Bonchev–Trinajstić information content (AvgIpc) is 3.54. The number of pyridine rings is 2. The van der Waals surface area contributed by atoms with Crippen LogP contribution in [0.5, 0.6) is 5.88 Å². The van der Waals surface area contributed by atoms with Crippen molar-refractivity contribution in [2.24, 2.45) is 0 Å². The molecule has 10 heteroatoms. The highest BCUT2D eigenvalue weighted by atomic mass is 16.5. The number of carbonyl (C=O) groups is 1. The number of fused-ring (bicyclic) bond motifs is 2. The van der Waals surface area contributed by atoms with Crippen molar-refractivity contribution < 1.29 is 9.53 Å². The first-order valence-electron chi connectivity index (χ1n) is 18.2. The first-order valence-corrected chi connectivity index (χ1v) is 18.2. The molecular weight excluding hydrogens is 624 g/mol. The molecule has 2 saturated heterocycles. The van der Waals surface area contributed by atoms with Gasteiger partial charge in [0.05, 0.1) is 24.1 Å². The standard InChI is InChI=1S/C40H50N8O2/c1-6-36(49)48-22-21-47(23-30(48)12-16-41)39-32-15-20-46(35-11-7-9-29-14-19-44(4)24-33(29)35)25-34(32)38(37-27(2)13-17-42-28(37)3)40(43-39)50-26-31-10-8-18-45(31)5/h6-7,9,11,13,17,30-31H,1,8,10,12,14-15,18-26H2,2-5H3/t30-,31-/m0/s1. The van der Waals surface area contributed by atoms with E-state index in [2.05, 4.69) is 84.5 Å². The predicted molar refractivity (Wildman–Crippen MR) is 197 cm³/mol. The second kappa shape index (κ2) is 14.4. The van der Waals surface area contributed by atoms with Crippen molar-refractivity contribution in [2.75, 3.05) is 69.8 Å². The van der Waals surface area contributed by atoms with Crippen LogP contribution in [0.1, 0.15) is 52.8 Å². The number of ether oxygens (including phenoxy) is 1. The van der Waals surface area contributed by atoms with Gasteiger partial charge in [-0.25, -0.2) is 0 Å². The van der Waals surface area contributed by atoms with Gasteiger partial charge in [0, 0.05) is 80.6 Å². The molecule has 6 heterocycles. The van der Waals surface area contributed by atoms with E-state index in [0.717, 1.165) is 80.2 Å². The second-order valence-electron chi connectivity index (χ2n) is 14.5. The molecule has 3 aromatic rings. The molecule has 1 aromatic carbocycles. The van der Waals surface area contributed by atoms with Crippen molar-refractivity contribution in [1.82, 2.24) is 24.7 Å². The number of carbonyl (C=O) groups excluding carboxylic acids is 1. The summed E-state index contributed by atoms with van der Waals surface area (Å²) in [4.78, 5) is 34.5. The van der Waals surface area contributed by atoms with Gasteiger partial charge in [0.25, 0.3) is 0 Å². The van der Waals surface area contributed by atoms with Crippen molar-refractivity contribution in [2.45, 2.75) is 71.1 Å². The molecule has 1 amide bonds. The van der Waals surface area contributed by atoms with E-state index in [-0.39, 0.29) is 18.4 Å². The van der Waals surface area contributed by atoms with E-state index < -0.39 is 0 Å². The van der Waals surface area contributed by atoms with E-state index in [1.807, 2.05) is 6.20 Å². The lowest BCUT2D eigenvalue weighted by Gasteiger charge is -2.43. The summed E-state index contributed by atoms with van der Waals surface area (Å²) in [5, 5.41) is 9.75. The SMILES string of the molecule is C=CC(=O)N1CCN(c2nc(OC[C@@H]3CCCN3C)c(-c3c(C)ccnc3C)c3c2CCN(c2cccc4c2CN(C)CC4)C3)C[C@@H]1CC#N. The van der Waals surface area contributed by atoms with E-state index >= 15 is 0 Å². The summed E-state index contributed by atoms with van der Waals surface area (Å²) in [6.07, 6.45) is 7.65. The molecule has 2 atom stereocenters. The number of aromatic nitrogens is 2. The molecule has 0 radical (unpaired) electrons. The Hall–Kier alpha value is -4.46. The van der Waals surface area contributed by atoms with Crippen LogP contribution in [0.4, 0.5) is 11.5 Å². The monoisotopic (exact) mass is 674 g/mol. The molecule has 0 saturated carbocycles. The number of anilines is 2. The van der Waals surface area contributed by atoms with Gasteiger partial charge in [-0.3, -0.25) is 9.78 Å². The molecule has 10 nitrogen and oxygen atoms in total. The maximum absolute atomic E-state index is 12.8. The summed E-state index contributed by atoms with van der Waals surface area (Å²) < 4.78 is 6.89. The van der Waals surface area contributed by atoms with E-state index in [4.69, 9.17) is 14.7 Å². The van der Waals surface area contributed by atoms with E-state index in [9.17, 15) is 10.1 Å². The number of piperazine rings is 1. The first-order chi connectivity index (χ1) is 24.3. The van der Waals surface area contributed by atoms with E-state index in [1.165, 1.54) is 40.4 Å². The van der Waals surface area contributed by atoms with Gasteiger partial charge in [-0.1, -0.05) is 18.7 Å². The number of hydrogen-bond acceptors (Lipinski definition) is 9. The Labute approximate surface area is 296 Å². The summed E-state index contributed by atoms with van der Waals surface area (Å²) in [5.41, 5.74) is 10.9. The van der Waals surface area contributed by atoms with E-state index in [0.29, 0.717) is 38.2 Å². The van der Waals surface area contributed by atoms with Crippen LogP contribution in [0, 0.1) is 25.2 Å². The Bertz CT molecular complexity index is 1800. The third-order valence-corrected chi connectivity index (χ3v) is 11.4. The topological polar surface area (TPSA) is 92.1 Å². The number of likely N-dealkylation sites (tertiary alicyclic amines) is 1. The number of aryl methyl sites for hydroxylation is 2. The van der Waals surface area contributed by atoms with Crippen LogP contribution in [0.2, 0.25) is 0 Å². The molecule has 262 valence electrons. The third kappa shape index (κ3) is 6.45. The number of likely N-dealkylation sites (N-methyl/N-ethyl adjacent to an activating group) is 2. The lowest BCUT2D eigenvalue weighted by molar-refractivity contribution is -0.128. The number of rotatable bonds is 8. The molecule has 2 fully saturated rings. The normalized spacial score (nSPS) is 21.1. The summed E-state index contributed by atoms with van der Waals surface area (Å²) in [5.74, 6) is 1.44. The largest absolute Gasteiger partial charge is 0.475 e. The molecule has 0 spiro atoms. The first kappa shape index (κ1) is 34.0. The van der Waals surface area contributed by atoms with Crippen molar-refractivity contribution >= 4 is 17.4 Å². The van der Waals surface area contributed by atoms with Crippen LogP contribution >= 0.6 is 0 Å². The fourth-order valence-corrected chi connectivity index (χ4v) is 8.58. The molecule has 0 bridgehead atoms. The van der Waals surface area contributed by atoms with E-state index in [1.54, 1.807) is 4.90 Å². The number of nitrogens with zero attached hydrogens (tertiary/aromatic N) is 8. The van der Waals surface area contributed by atoms with Gasteiger partial charge in [0.1, 0.15) is 12.4 Å². The minimum Gasteiger partial charge on any atom is -0.475 e. The Morgan fingerprint density at radius 1 is 1.00 bits per heavy atom. The van der Waals surface area contributed by atoms with Gasteiger partial charge >= 0.3 is 0 Å². The molecule has 0 N–H and O–H groups in total. The van der Waals surface area contributed by atoms with Gasteiger partial charge in [0.2, 0.25) is 11.8 Å². The fraction of sp³-hybridized carbons (Fsp3) is 0.500. The van der Waals surface area contributed by atoms with Gasteiger partial charge in [0.15, 0.2) is 0 Å². The second-order valence-corrected chi connectivity index (χ2v) is 14.5. The predicted octanol–water partition coefficient (Wildman–Crippen LogP) is 4.90. The highest BCUT2D eigenvalue weighted by Gasteiger charge is 2.36. The van der Waals surface area contributed by atoms with Gasteiger partial charge in [-0.15, -0.1) is 0 Å². The maximum Gasteiger partial charge on any atom is 0.246 e. The third-order valence-electron chi connectivity index (χ3n) is 11.4. The van der Waals surface area contributed by atoms with Gasteiger partial charge < -0.3 is 29.2 Å². The quantitative estimate of drug-likeness (QED) is 0.310. The number of amides is 1. The average molecular weight is 675 g/mol. The summed E-state index contributed by atoms with van der Waals surface area (Å²) >= 11 is 0. The van der Waals surface area contributed by atoms with Crippen molar-refractivity contribution in [3.8, 4) is 23.1 Å². The van der Waals surface area contributed by atoms with Crippen molar-refractivity contribution in [3.05, 3.63) is 76.6 Å². The van der Waals surface area contributed by atoms with Crippen LogP contribution in [0.3, 0.4) is 0 Å². The zero-order chi connectivity index (χ0) is 34.9. The molecule has 7 rings (SSSR count). The molecule has 4 aliphatic rings. The molecular formula is C40H50N8O2. The highest BCUT2D eigenvalue weighted by Crippen LogP contribution is 2.45.